The smallest absolute Gasteiger partial charge is 0.138 e. The van der Waals surface area contributed by atoms with Gasteiger partial charge in [0.15, 0.2) is 0 Å². The van der Waals surface area contributed by atoms with Gasteiger partial charge in [0.2, 0.25) is 0 Å². The van der Waals surface area contributed by atoms with Crippen LogP contribution in [-0.4, -0.2) is 6.04 Å². The highest BCUT2D eigenvalue weighted by molar-refractivity contribution is 9.10. The Bertz CT molecular complexity index is 578. The van der Waals surface area contributed by atoms with Gasteiger partial charge in [-0.15, -0.1) is 0 Å². The zero-order valence-electron chi connectivity index (χ0n) is 11.3. The molecule has 0 saturated heterocycles. The van der Waals surface area contributed by atoms with Crippen LogP contribution < -0.4 is 5.32 Å². The lowest BCUT2D eigenvalue weighted by Crippen LogP contribution is -2.21. The summed E-state index contributed by atoms with van der Waals surface area (Å²) in [6, 6.07) is 7.47. The first-order valence-corrected chi connectivity index (χ1v) is 7.05. The average Bonchev–Trinajstić information content (AvgIpc) is 2.80. The number of furan rings is 1. The third-order valence-electron chi connectivity index (χ3n) is 2.88. The summed E-state index contributed by atoms with van der Waals surface area (Å²) >= 11 is 3.18. The molecule has 0 fully saturated rings. The first kappa shape index (κ1) is 14.3. The molecular formula is C15H17BrFNO. The maximum Gasteiger partial charge on any atom is 0.138 e. The van der Waals surface area contributed by atoms with Crippen LogP contribution in [0.15, 0.2) is 33.2 Å². The van der Waals surface area contributed by atoms with Crippen molar-refractivity contribution in [3.05, 3.63) is 45.9 Å². The van der Waals surface area contributed by atoms with Crippen molar-refractivity contribution in [3.63, 3.8) is 0 Å². The predicted molar refractivity (Wildman–Crippen MR) is 78.5 cm³/mol. The van der Waals surface area contributed by atoms with Gasteiger partial charge in [-0.25, -0.2) is 4.39 Å². The van der Waals surface area contributed by atoms with Crippen LogP contribution in [0.2, 0.25) is 0 Å². The molecule has 1 heterocycles. The highest BCUT2D eigenvalue weighted by Crippen LogP contribution is 2.29. The highest BCUT2D eigenvalue weighted by Gasteiger charge is 2.11. The van der Waals surface area contributed by atoms with E-state index in [0.29, 0.717) is 22.8 Å². The van der Waals surface area contributed by atoms with Gasteiger partial charge in [0, 0.05) is 11.6 Å². The summed E-state index contributed by atoms with van der Waals surface area (Å²) in [4.78, 5) is 0. The van der Waals surface area contributed by atoms with Crippen LogP contribution in [0.5, 0.6) is 0 Å². The van der Waals surface area contributed by atoms with E-state index >= 15 is 0 Å². The Morgan fingerprint density at radius 3 is 2.74 bits per heavy atom. The van der Waals surface area contributed by atoms with Crippen LogP contribution in [0.25, 0.3) is 11.3 Å². The largest absolute Gasteiger partial charge is 0.460 e. The lowest BCUT2D eigenvalue weighted by Gasteiger charge is -2.06. The van der Waals surface area contributed by atoms with E-state index in [2.05, 4.69) is 35.1 Å². The molecule has 0 radical (unpaired) electrons. The Morgan fingerprint density at radius 1 is 1.32 bits per heavy atom. The average molecular weight is 326 g/mol. The number of aryl methyl sites for hydroxylation is 1. The van der Waals surface area contributed by atoms with E-state index in [4.69, 9.17) is 4.42 Å². The molecule has 0 bridgehead atoms. The Kier molecular flexibility index (Phi) is 4.42. The molecule has 0 amide bonds. The fraction of sp³-hybridized carbons (Fsp3) is 0.333. The minimum atomic E-state index is -0.279. The van der Waals surface area contributed by atoms with E-state index in [1.165, 1.54) is 6.07 Å². The molecule has 1 aromatic carbocycles. The fourth-order valence-corrected chi connectivity index (χ4v) is 2.29. The number of hydrogen-bond acceptors (Lipinski definition) is 2. The fourth-order valence-electron chi connectivity index (χ4n) is 1.83. The van der Waals surface area contributed by atoms with E-state index in [0.717, 1.165) is 16.9 Å². The molecule has 0 aliphatic rings. The first-order chi connectivity index (χ1) is 8.97. The van der Waals surface area contributed by atoms with Crippen LogP contribution in [-0.2, 0) is 6.54 Å². The lowest BCUT2D eigenvalue weighted by molar-refractivity contribution is 0.473. The summed E-state index contributed by atoms with van der Waals surface area (Å²) in [6.07, 6.45) is 0. The molecule has 2 nitrogen and oxygen atoms in total. The van der Waals surface area contributed by atoms with Gasteiger partial charge in [-0.05, 0) is 52.7 Å². The van der Waals surface area contributed by atoms with Gasteiger partial charge in [0.1, 0.15) is 17.3 Å². The molecule has 1 aromatic heterocycles. The second-order valence-electron chi connectivity index (χ2n) is 4.88. The van der Waals surface area contributed by atoms with E-state index in [9.17, 15) is 4.39 Å². The van der Waals surface area contributed by atoms with Gasteiger partial charge >= 0.3 is 0 Å². The van der Waals surface area contributed by atoms with E-state index in [1.807, 2.05) is 19.1 Å². The molecule has 1 N–H and O–H groups in total. The summed E-state index contributed by atoms with van der Waals surface area (Å²) in [7, 11) is 0. The van der Waals surface area contributed by atoms with Crippen molar-refractivity contribution in [2.24, 2.45) is 0 Å². The van der Waals surface area contributed by atoms with E-state index in [-0.39, 0.29) is 5.82 Å². The maximum absolute atomic E-state index is 13.6. The van der Waals surface area contributed by atoms with Crippen LogP contribution in [0.4, 0.5) is 4.39 Å². The van der Waals surface area contributed by atoms with Gasteiger partial charge in [0.25, 0.3) is 0 Å². The molecule has 2 aromatic rings. The third kappa shape index (κ3) is 3.45. The molecule has 2 rings (SSSR count). The monoisotopic (exact) mass is 325 g/mol. The molecular weight excluding hydrogens is 309 g/mol. The molecule has 0 aliphatic heterocycles. The number of rotatable bonds is 4. The quantitative estimate of drug-likeness (QED) is 0.884. The minimum Gasteiger partial charge on any atom is -0.460 e. The SMILES string of the molecule is Cc1cc(Br)c(F)cc1-c1ccc(CNC(C)C)o1. The van der Waals surface area contributed by atoms with Gasteiger partial charge in [-0.3, -0.25) is 0 Å². The summed E-state index contributed by atoms with van der Waals surface area (Å²) in [5.41, 5.74) is 1.77. The lowest BCUT2D eigenvalue weighted by atomic mass is 10.1. The summed E-state index contributed by atoms with van der Waals surface area (Å²) in [5.74, 6) is 1.27. The van der Waals surface area contributed by atoms with Crippen molar-refractivity contribution in [2.75, 3.05) is 0 Å². The standard InChI is InChI=1S/C15H17BrFNO/c1-9(2)18-8-11-4-5-15(19-11)12-7-14(17)13(16)6-10(12)3/h4-7,9,18H,8H2,1-3H3. The van der Waals surface area contributed by atoms with Gasteiger partial charge in [-0.2, -0.15) is 0 Å². The molecule has 0 atom stereocenters. The highest BCUT2D eigenvalue weighted by atomic mass is 79.9. The second-order valence-corrected chi connectivity index (χ2v) is 5.74. The van der Waals surface area contributed by atoms with Crippen molar-refractivity contribution in [3.8, 4) is 11.3 Å². The van der Waals surface area contributed by atoms with Crippen molar-refractivity contribution in [2.45, 2.75) is 33.4 Å². The molecule has 19 heavy (non-hydrogen) atoms. The van der Waals surface area contributed by atoms with Crippen LogP contribution in [0, 0.1) is 12.7 Å². The molecule has 102 valence electrons. The topological polar surface area (TPSA) is 25.2 Å². The Balaban J connectivity index is 2.25. The number of benzene rings is 1. The first-order valence-electron chi connectivity index (χ1n) is 6.25. The molecule has 4 heteroatoms. The number of halogens is 2. The summed E-state index contributed by atoms with van der Waals surface area (Å²) in [6.45, 7) is 6.78. The van der Waals surface area contributed by atoms with Crippen LogP contribution in [0.1, 0.15) is 25.2 Å². The van der Waals surface area contributed by atoms with Crippen molar-refractivity contribution in [1.82, 2.24) is 5.32 Å². The Labute approximate surface area is 121 Å². The van der Waals surface area contributed by atoms with Gasteiger partial charge in [-0.1, -0.05) is 13.8 Å². The zero-order valence-corrected chi connectivity index (χ0v) is 12.8. The predicted octanol–water partition coefficient (Wildman–Crippen LogP) is 4.65. The molecule has 0 unspecified atom stereocenters. The Hall–Kier alpha value is -1.13. The number of nitrogens with one attached hydrogen (secondary N) is 1. The Morgan fingerprint density at radius 2 is 2.05 bits per heavy atom. The second kappa shape index (κ2) is 5.88. The van der Waals surface area contributed by atoms with E-state index < -0.39 is 0 Å². The van der Waals surface area contributed by atoms with Crippen molar-refractivity contribution < 1.29 is 8.81 Å². The van der Waals surface area contributed by atoms with Crippen molar-refractivity contribution >= 4 is 15.9 Å². The normalized spacial score (nSPS) is 11.3. The van der Waals surface area contributed by atoms with Crippen molar-refractivity contribution in [1.29, 1.82) is 0 Å². The summed E-state index contributed by atoms with van der Waals surface area (Å²) < 4.78 is 19.8. The van der Waals surface area contributed by atoms with Gasteiger partial charge < -0.3 is 9.73 Å². The van der Waals surface area contributed by atoms with Crippen LogP contribution >= 0.6 is 15.9 Å². The minimum absolute atomic E-state index is 0.279. The van der Waals surface area contributed by atoms with Crippen LogP contribution in [0.3, 0.4) is 0 Å². The third-order valence-corrected chi connectivity index (χ3v) is 3.49. The maximum atomic E-state index is 13.6. The number of hydrogen-bond donors (Lipinski definition) is 1. The van der Waals surface area contributed by atoms with Gasteiger partial charge in [0.05, 0.1) is 11.0 Å². The zero-order chi connectivity index (χ0) is 14.0. The molecule has 0 aliphatic carbocycles. The molecule has 0 spiro atoms. The summed E-state index contributed by atoms with van der Waals surface area (Å²) in [5, 5.41) is 3.29. The van der Waals surface area contributed by atoms with E-state index in [1.54, 1.807) is 6.07 Å². The molecule has 0 saturated carbocycles.